The van der Waals surface area contributed by atoms with Crippen LogP contribution in [0.1, 0.15) is 23.8 Å². The summed E-state index contributed by atoms with van der Waals surface area (Å²) in [5.41, 5.74) is 1.01. The Morgan fingerprint density at radius 1 is 1.59 bits per heavy atom. The van der Waals surface area contributed by atoms with Crippen LogP contribution in [0.2, 0.25) is 0 Å². The molecule has 0 fully saturated rings. The molecule has 0 bridgehead atoms. The first-order valence-electron chi connectivity index (χ1n) is 5.62. The average molecular weight is 267 g/mol. The molecular formula is C11H13N3OS2. The smallest absolute Gasteiger partial charge is 0.281 e. The molecule has 0 aliphatic heterocycles. The fourth-order valence-electron chi connectivity index (χ4n) is 2.44. The van der Waals surface area contributed by atoms with Gasteiger partial charge in [0.1, 0.15) is 4.83 Å². The number of hydrogen-bond donors (Lipinski definition) is 2. The van der Waals surface area contributed by atoms with Gasteiger partial charge in [0.15, 0.2) is 4.77 Å². The highest BCUT2D eigenvalue weighted by molar-refractivity contribution is 7.71. The van der Waals surface area contributed by atoms with Crippen LogP contribution >= 0.6 is 23.6 Å². The molecule has 2 aromatic heterocycles. The molecule has 0 radical (unpaired) electrons. The number of aromatic nitrogens is 2. The van der Waals surface area contributed by atoms with E-state index in [-0.39, 0.29) is 10.3 Å². The number of nitrogens with zero attached hydrogens (tertiary/aromatic N) is 1. The van der Waals surface area contributed by atoms with Crippen molar-refractivity contribution in [1.29, 1.82) is 0 Å². The molecule has 1 aliphatic carbocycles. The van der Waals surface area contributed by atoms with Gasteiger partial charge in [0, 0.05) is 4.88 Å². The second-order valence-electron chi connectivity index (χ2n) is 4.66. The van der Waals surface area contributed by atoms with Crippen molar-refractivity contribution in [2.45, 2.75) is 26.2 Å². The first kappa shape index (κ1) is 11.0. The van der Waals surface area contributed by atoms with E-state index in [1.165, 1.54) is 10.4 Å². The molecular weight excluding hydrogens is 254 g/mol. The highest BCUT2D eigenvalue weighted by atomic mass is 32.1. The fraction of sp³-hybridized carbons (Fsp3) is 0.455. The highest BCUT2D eigenvalue weighted by Crippen LogP contribution is 2.35. The van der Waals surface area contributed by atoms with Gasteiger partial charge in [-0.1, -0.05) is 6.92 Å². The lowest BCUT2D eigenvalue weighted by molar-refractivity contribution is 0.509. The maximum absolute atomic E-state index is 12.1. The Hall–Kier alpha value is -1.14. The molecule has 6 heteroatoms. The number of H-pyrrole nitrogens is 1. The molecule has 90 valence electrons. The average Bonchev–Trinajstić information content (AvgIpc) is 2.63. The van der Waals surface area contributed by atoms with Gasteiger partial charge < -0.3 is 10.8 Å². The molecule has 0 saturated carbocycles. The van der Waals surface area contributed by atoms with Crippen LogP contribution in [0.3, 0.4) is 0 Å². The van der Waals surface area contributed by atoms with Crippen LogP contribution in [0.4, 0.5) is 0 Å². The molecule has 0 amide bonds. The van der Waals surface area contributed by atoms with Crippen LogP contribution in [-0.4, -0.2) is 9.66 Å². The minimum Gasteiger partial charge on any atom is -0.334 e. The van der Waals surface area contributed by atoms with Crippen LogP contribution < -0.4 is 11.4 Å². The van der Waals surface area contributed by atoms with E-state index in [1.54, 1.807) is 11.3 Å². The van der Waals surface area contributed by atoms with Crippen molar-refractivity contribution in [3.63, 3.8) is 0 Å². The van der Waals surface area contributed by atoms with Crippen LogP contribution in [0.5, 0.6) is 0 Å². The summed E-state index contributed by atoms with van der Waals surface area (Å²) in [6.07, 6.45) is 3.16. The predicted molar refractivity (Wildman–Crippen MR) is 72.6 cm³/mol. The van der Waals surface area contributed by atoms with E-state index in [4.69, 9.17) is 18.1 Å². The molecule has 1 aliphatic rings. The zero-order chi connectivity index (χ0) is 12.2. The van der Waals surface area contributed by atoms with Crippen molar-refractivity contribution in [3.05, 3.63) is 25.6 Å². The van der Waals surface area contributed by atoms with Gasteiger partial charge in [0.05, 0.1) is 5.39 Å². The predicted octanol–water partition coefficient (Wildman–Crippen LogP) is 1.96. The quantitative estimate of drug-likeness (QED) is 0.566. The standard InChI is InChI=1S/C11H13N3OS2/c1-5-2-3-6-7(4-5)17-9-8(6)10(15)14(12)11(16)13-9/h5H,2-4,12H2,1H3,(H,13,16)/t5-/m1/s1. The fourth-order valence-corrected chi connectivity index (χ4v) is 4.09. The number of aryl methyl sites for hydroxylation is 1. The maximum atomic E-state index is 12.1. The number of nitrogens with two attached hydrogens (primary N) is 1. The zero-order valence-electron chi connectivity index (χ0n) is 9.45. The van der Waals surface area contributed by atoms with Crippen molar-refractivity contribution in [2.75, 3.05) is 5.84 Å². The van der Waals surface area contributed by atoms with E-state index < -0.39 is 0 Å². The van der Waals surface area contributed by atoms with Gasteiger partial charge >= 0.3 is 0 Å². The van der Waals surface area contributed by atoms with Gasteiger partial charge in [-0.15, -0.1) is 11.3 Å². The number of thiophene rings is 1. The molecule has 2 heterocycles. The highest BCUT2D eigenvalue weighted by Gasteiger charge is 2.22. The molecule has 4 nitrogen and oxygen atoms in total. The largest absolute Gasteiger partial charge is 0.334 e. The Morgan fingerprint density at radius 3 is 3.12 bits per heavy atom. The molecule has 0 saturated heterocycles. The van der Waals surface area contributed by atoms with Crippen molar-refractivity contribution in [3.8, 4) is 0 Å². The first-order chi connectivity index (χ1) is 8.08. The number of nitrogens with one attached hydrogen (secondary N) is 1. The summed E-state index contributed by atoms with van der Waals surface area (Å²) in [4.78, 5) is 17.4. The van der Waals surface area contributed by atoms with E-state index in [0.717, 1.165) is 34.2 Å². The second kappa shape index (κ2) is 3.68. The molecule has 0 aromatic carbocycles. The van der Waals surface area contributed by atoms with Crippen LogP contribution in [0, 0.1) is 10.7 Å². The third kappa shape index (κ3) is 1.55. The summed E-state index contributed by atoms with van der Waals surface area (Å²) in [5, 5.41) is 0.744. The Morgan fingerprint density at radius 2 is 2.35 bits per heavy atom. The normalized spacial score (nSPS) is 19.5. The van der Waals surface area contributed by atoms with Gasteiger partial charge in [-0.3, -0.25) is 4.79 Å². The third-order valence-corrected chi connectivity index (χ3v) is 4.85. The third-order valence-electron chi connectivity index (χ3n) is 3.38. The minimum absolute atomic E-state index is 0.171. The molecule has 1 atom stereocenters. The number of rotatable bonds is 0. The van der Waals surface area contributed by atoms with Crippen LogP contribution in [0.25, 0.3) is 10.2 Å². The van der Waals surface area contributed by atoms with E-state index in [2.05, 4.69) is 11.9 Å². The lowest BCUT2D eigenvalue weighted by Gasteiger charge is -2.17. The van der Waals surface area contributed by atoms with Crippen LogP contribution in [-0.2, 0) is 12.8 Å². The lowest BCUT2D eigenvalue weighted by atomic mass is 9.89. The zero-order valence-corrected chi connectivity index (χ0v) is 11.1. The molecule has 3 rings (SSSR count). The summed E-state index contributed by atoms with van der Waals surface area (Å²) in [6.45, 7) is 2.25. The minimum atomic E-state index is -0.171. The number of aromatic amines is 1. The van der Waals surface area contributed by atoms with Crippen molar-refractivity contribution in [1.82, 2.24) is 9.66 Å². The van der Waals surface area contributed by atoms with E-state index >= 15 is 0 Å². The summed E-state index contributed by atoms with van der Waals surface area (Å²) in [6, 6.07) is 0. The lowest BCUT2D eigenvalue weighted by Crippen LogP contribution is -2.29. The topological polar surface area (TPSA) is 63.8 Å². The number of fused-ring (bicyclic) bond motifs is 3. The Kier molecular flexibility index (Phi) is 2.38. The van der Waals surface area contributed by atoms with Crippen LogP contribution in [0.15, 0.2) is 4.79 Å². The summed E-state index contributed by atoms with van der Waals surface area (Å²) >= 11 is 6.67. The first-order valence-corrected chi connectivity index (χ1v) is 6.85. The number of hydrogen-bond acceptors (Lipinski definition) is 4. The summed E-state index contributed by atoms with van der Waals surface area (Å²) < 4.78 is 1.32. The van der Waals surface area contributed by atoms with Gasteiger partial charge in [-0.2, -0.15) is 4.68 Å². The Balaban J connectivity index is 2.41. The number of nitrogen functional groups attached to an aromatic ring is 1. The molecule has 0 unspecified atom stereocenters. The molecule has 0 spiro atoms. The van der Waals surface area contributed by atoms with Crippen molar-refractivity contribution < 1.29 is 0 Å². The van der Waals surface area contributed by atoms with Gasteiger partial charge in [0.2, 0.25) is 0 Å². The van der Waals surface area contributed by atoms with Gasteiger partial charge in [-0.25, -0.2) is 0 Å². The molecule has 17 heavy (non-hydrogen) atoms. The Labute approximate surface area is 107 Å². The van der Waals surface area contributed by atoms with Crippen molar-refractivity contribution >= 4 is 33.8 Å². The second-order valence-corrected chi connectivity index (χ2v) is 6.15. The van der Waals surface area contributed by atoms with E-state index in [1.807, 2.05) is 0 Å². The van der Waals surface area contributed by atoms with E-state index in [0.29, 0.717) is 5.92 Å². The van der Waals surface area contributed by atoms with E-state index in [9.17, 15) is 4.79 Å². The van der Waals surface area contributed by atoms with Gasteiger partial charge in [0.25, 0.3) is 5.56 Å². The monoisotopic (exact) mass is 267 g/mol. The van der Waals surface area contributed by atoms with Gasteiger partial charge in [-0.05, 0) is 43.0 Å². The Bertz CT molecular complexity index is 710. The van der Waals surface area contributed by atoms with Crippen molar-refractivity contribution in [2.24, 2.45) is 5.92 Å². The SMILES string of the molecule is C[C@@H]1CCc2c(sc3[nH]c(=S)n(N)c(=O)c23)C1. The maximum Gasteiger partial charge on any atom is 0.281 e. The molecule has 3 N–H and O–H groups in total. The summed E-state index contributed by atoms with van der Waals surface area (Å²) in [5.74, 6) is 6.33. The molecule has 2 aromatic rings. The summed E-state index contributed by atoms with van der Waals surface area (Å²) in [7, 11) is 0.